The third-order valence-electron chi connectivity index (χ3n) is 3.55. The Labute approximate surface area is 102 Å². The van der Waals surface area contributed by atoms with Crippen LogP contribution >= 0.6 is 11.6 Å². The van der Waals surface area contributed by atoms with Gasteiger partial charge in [-0.05, 0) is 32.1 Å². The Kier molecular flexibility index (Phi) is 4.22. The minimum atomic E-state index is 0.324. The number of hydrogen-bond acceptors (Lipinski definition) is 2. The first-order chi connectivity index (χ1) is 7.81. The van der Waals surface area contributed by atoms with Crippen molar-refractivity contribution in [2.45, 2.75) is 57.4 Å². The Morgan fingerprint density at radius 3 is 2.94 bits per heavy atom. The molecule has 0 N–H and O–H groups in total. The van der Waals surface area contributed by atoms with Crippen LogP contribution < -0.4 is 0 Å². The summed E-state index contributed by atoms with van der Waals surface area (Å²) in [6.45, 7) is 2.99. The van der Waals surface area contributed by atoms with Crippen molar-refractivity contribution in [1.29, 1.82) is 0 Å². The minimum absolute atomic E-state index is 0.324. The lowest BCUT2D eigenvalue weighted by atomic mass is 10.00. The van der Waals surface area contributed by atoms with Gasteiger partial charge in [0.25, 0.3) is 0 Å². The van der Waals surface area contributed by atoms with E-state index >= 15 is 0 Å². The maximum atomic E-state index is 6.44. The number of nitrogens with zero attached hydrogens (tertiary/aromatic N) is 3. The summed E-state index contributed by atoms with van der Waals surface area (Å²) >= 11 is 6.44. The zero-order valence-corrected chi connectivity index (χ0v) is 10.7. The Morgan fingerprint density at radius 2 is 2.25 bits per heavy atom. The van der Waals surface area contributed by atoms with Crippen molar-refractivity contribution in [2.75, 3.05) is 0 Å². The molecular formula is C12H20ClN3. The molecule has 2 rings (SSSR count). The Morgan fingerprint density at radius 1 is 1.50 bits per heavy atom. The van der Waals surface area contributed by atoms with Crippen molar-refractivity contribution < 1.29 is 0 Å². The number of hydrogen-bond donors (Lipinski definition) is 0. The normalized spacial score (nSPS) is 19.1. The van der Waals surface area contributed by atoms with E-state index in [1.807, 2.05) is 4.68 Å². The molecule has 1 aromatic rings. The number of aromatic nitrogens is 3. The molecule has 16 heavy (non-hydrogen) atoms. The van der Waals surface area contributed by atoms with E-state index in [-0.39, 0.29) is 0 Å². The lowest BCUT2D eigenvalue weighted by Gasteiger charge is -2.16. The standard InChI is InChI=1S/C12H20ClN3/c1-2-16-12(14-9-15-16)8-7-11(13)10-5-3-4-6-10/h9-11H,2-8H2,1H3. The molecule has 1 aliphatic carbocycles. The second-order valence-corrected chi connectivity index (χ2v) is 5.15. The Hall–Kier alpha value is -0.570. The highest BCUT2D eigenvalue weighted by atomic mass is 35.5. The quantitative estimate of drug-likeness (QED) is 0.742. The molecule has 0 radical (unpaired) electrons. The monoisotopic (exact) mass is 241 g/mol. The van der Waals surface area contributed by atoms with Gasteiger partial charge in [-0.15, -0.1) is 11.6 Å². The highest BCUT2D eigenvalue weighted by molar-refractivity contribution is 6.20. The summed E-state index contributed by atoms with van der Waals surface area (Å²) in [7, 11) is 0. The molecular weight excluding hydrogens is 222 g/mol. The fourth-order valence-electron chi connectivity index (χ4n) is 2.57. The van der Waals surface area contributed by atoms with E-state index in [1.165, 1.54) is 25.7 Å². The maximum absolute atomic E-state index is 6.44. The molecule has 90 valence electrons. The molecule has 0 aromatic carbocycles. The van der Waals surface area contributed by atoms with E-state index in [2.05, 4.69) is 17.0 Å². The van der Waals surface area contributed by atoms with E-state index in [0.717, 1.165) is 31.1 Å². The fourth-order valence-corrected chi connectivity index (χ4v) is 2.93. The van der Waals surface area contributed by atoms with Crippen molar-refractivity contribution in [3.8, 4) is 0 Å². The van der Waals surface area contributed by atoms with Crippen LogP contribution in [0.2, 0.25) is 0 Å². The number of rotatable bonds is 5. The van der Waals surface area contributed by atoms with Crippen molar-refractivity contribution in [3.63, 3.8) is 0 Å². The van der Waals surface area contributed by atoms with Gasteiger partial charge in [-0.1, -0.05) is 12.8 Å². The molecule has 1 unspecified atom stereocenters. The van der Waals surface area contributed by atoms with Crippen LogP contribution in [0.4, 0.5) is 0 Å². The van der Waals surface area contributed by atoms with Crippen LogP contribution in [0.1, 0.15) is 44.9 Å². The second kappa shape index (κ2) is 5.67. The van der Waals surface area contributed by atoms with Crippen LogP contribution in [-0.2, 0) is 13.0 Å². The van der Waals surface area contributed by atoms with Gasteiger partial charge in [-0.2, -0.15) is 5.10 Å². The van der Waals surface area contributed by atoms with Crippen molar-refractivity contribution >= 4 is 11.6 Å². The van der Waals surface area contributed by atoms with Gasteiger partial charge < -0.3 is 0 Å². The fraction of sp³-hybridized carbons (Fsp3) is 0.833. The highest BCUT2D eigenvalue weighted by Gasteiger charge is 2.23. The molecule has 0 spiro atoms. The average Bonchev–Trinajstić information content (AvgIpc) is 2.96. The van der Waals surface area contributed by atoms with Gasteiger partial charge in [0.1, 0.15) is 12.2 Å². The SMILES string of the molecule is CCn1ncnc1CCC(Cl)C1CCCC1. The molecule has 0 amide bonds. The number of halogens is 1. The molecule has 1 saturated carbocycles. The zero-order valence-electron chi connectivity index (χ0n) is 9.90. The molecule has 1 aromatic heterocycles. The van der Waals surface area contributed by atoms with E-state index in [4.69, 9.17) is 11.6 Å². The van der Waals surface area contributed by atoms with Gasteiger partial charge in [0, 0.05) is 18.3 Å². The molecule has 0 saturated heterocycles. The van der Waals surface area contributed by atoms with Crippen molar-refractivity contribution in [2.24, 2.45) is 5.92 Å². The molecule has 3 nitrogen and oxygen atoms in total. The predicted octanol–water partition coefficient (Wildman–Crippen LogP) is 3.03. The first-order valence-corrected chi connectivity index (χ1v) is 6.75. The van der Waals surface area contributed by atoms with Crippen LogP contribution in [0.5, 0.6) is 0 Å². The van der Waals surface area contributed by atoms with E-state index < -0.39 is 0 Å². The topological polar surface area (TPSA) is 30.7 Å². The summed E-state index contributed by atoms with van der Waals surface area (Å²) in [4.78, 5) is 4.28. The molecule has 1 fully saturated rings. The average molecular weight is 242 g/mol. The maximum Gasteiger partial charge on any atom is 0.138 e. The predicted molar refractivity (Wildman–Crippen MR) is 65.6 cm³/mol. The molecule has 1 aliphatic rings. The van der Waals surface area contributed by atoms with Crippen molar-refractivity contribution in [1.82, 2.24) is 14.8 Å². The summed E-state index contributed by atoms with van der Waals surface area (Å²) < 4.78 is 1.96. The van der Waals surface area contributed by atoms with Gasteiger partial charge in [-0.25, -0.2) is 4.98 Å². The molecule has 1 atom stereocenters. The van der Waals surface area contributed by atoms with E-state index in [9.17, 15) is 0 Å². The first-order valence-electron chi connectivity index (χ1n) is 6.32. The summed E-state index contributed by atoms with van der Waals surface area (Å²) in [6, 6.07) is 0. The third kappa shape index (κ3) is 2.76. The summed E-state index contributed by atoms with van der Waals surface area (Å²) in [6.07, 6.45) is 8.97. The van der Waals surface area contributed by atoms with Gasteiger partial charge in [0.05, 0.1) is 0 Å². The third-order valence-corrected chi connectivity index (χ3v) is 4.12. The summed E-state index contributed by atoms with van der Waals surface area (Å²) in [5.41, 5.74) is 0. The Balaban J connectivity index is 1.82. The number of alkyl halides is 1. The summed E-state index contributed by atoms with van der Waals surface area (Å²) in [5, 5.41) is 4.50. The van der Waals surface area contributed by atoms with Crippen LogP contribution in [0.15, 0.2) is 6.33 Å². The van der Waals surface area contributed by atoms with E-state index in [0.29, 0.717) is 5.38 Å². The van der Waals surface area contributed by atoms with Crippen LogP contribution in [0.3, 0.4) is 0 Å². The smallest absolute Gasteiger partial charge is 0.138 e. The lowest BCUT2D eigenvalue weighted by molar-refractivity contribution is 0.482. The van der Waals surface area contributed by atoms with Crippen LogP contribution in [-0.4, -0.2) is 20.1 Å². The van der Waals surface area contributed by atoms with E-state index in [1.54, 1.807) is 6.33 Å². The molecule has 4 heteroatoms. The lowest BCUT2D eigenvalue weighted by Crippen LogP contribution is -2.14. The second-order valence-electron chi connectivity index (χ2n) is 4.59. The summed E-state index contributed by atoms with van der Waals surface area (Å²) in [5.74, 6) is 1.81. The molecule has 0 aliphatic heterocycles. The highest BCUT2D eigenvalue weighted by Crippen LogP contribution is 2.32. The van der Waals surface area contributed by atoms with Gasteiger partial charge in [0.15, 0.2) is 0 Å². The van der Waals surface area contributed by atoms with Crippen LogP contribution in [0.25, 0.3) is 0 Å². The van der Waals surface area contributed by atoms with Gasteiger partial charge in [-0.3, -0.25) is 4.68 Å². The number of aryl methyl sites for hydroxylation is 2. The molecule has 1 heterocycles. The molecule has 0 bridgehead atoms. The van der Waals surface area contributed by atoms with Gasteiger partial charge >= 0.3 is 0 Å². The van der Waals surface area contributed by atoms with Gasteiger partial charge in [0.2, 0.25) is 0 Å². The largest absolute Gasteiger partial charge is 0.250 e. The minimum Gasteiger partial charge on any atom is -0.250 e. The van der Waals surface area contributed by atoms with Crippen molar-refractivity contribution in [3.05, 3.63) is 12.2 Å². The Bertz CT molecular complexity index is 318. The first kappa shape index (κ1) is 11.9. The van der Waals surface area contributed by atoms with Crippen LogP contribution in [0, 0.1) is 5.92 Å². The zero-order chi connectivity index (χ0) is 11.4.